The molecule has 1 fully saturated rings. The number of hydrogen-bond donors (Lipinski definition) is 1. The minimum absolute atomic E-state index is 0.855. The summed E-state index contributed by atoms with van der Waals surface area (Å²) in [5.41, 5.74) is 0. The molecule has 0 atom stereocenters. The third-order valence-corrected chi connectivity index (χ3v) is 3.86. The molecule has 0 aliphatic heterocycles. The van der Waals surface area contributed by atoms with E-state index in [0.29, 0.717) is 0 Å². The third kappa shape index (κ3) is 6.23. The van der Waals surface area contributed by atoms with Gasteiger partial charge >= 0.3 is 0 Å². The summed E-state index contributed by atoms with van der Waals surface area (Å²) in [7, 11) is 0. The van der Waals surface area contributed by atoms with Crippen molar-refractivity contribution in [2.24, 2.45) is 0 Å². The molecule has 0 aromatic carbocycles. The Morgan fingerprint density at radius 3 is 2.36 bits per heavy atom. The quantitative estimate of drug-likeness (QED) is 0.427. The number of halogens is 1. The molecule has 0 radical (unpaired) electrons. The van der Waals surface area contributed by atoms with Crippen molar-refractivity contribution in [2.75, 3.05) is 11.0 Å². The van der Waals surface area contributed by atoms with Crippen LogP contribution in [0, 0.1) is 0 Å². The summed E-state index contributed by atoms with van der Waals surface area (Å²) in [4.78, 5) is 0. The molecule has 0 saturated heterocycles. The number of rotatable bonds is 7. The van der Waals surface area contributed by atoms with Crippen LogP contribution in [-0.4, -0.2) is 17.0 Å². The molecule has 0 bridgehead atoms. The predicted molar refractivity (Wildman–Crippen MR) is 72.2 cm³/mol. The molecule has 2 heteroatoms. The fourth-order valence-corrected chi connectivity index (χ4v) is 2.73. The molecule has 1 aliphatic carbocycles. The molecule has 0 amide bonds. The lowest BCUT2D eigenvalue weighted by Crippen LogP contribution is -2.31. The van der Waals surface area contributed by atoms with Crippen LogP contribution in [0.3, 0.4) is 0 Å². The monoisotopic (exact) mass is 309 g/mol. The molecule has 1 aliphatic rings. The highest BCUT2D eigenvalue weighted by molar-refractivity contribution is 14.1. The molecule has 1 rings (SSSR count). The smallest absolute Gasteiger partial charge is 0.00670 e. The zero-order chi connectivity index (χ0) is 10.1. The Bertz CT molecular complexity index is 121. The lowest BCUT2D eigenvalue weighted by Gasteiger charge is -2.22. The molecule has 1 saturated carbocycles. The van der Waals surface area contributed by atoms with Crippen LogP contribution >= 0.6 is 22.6 Å². The molecule has 84 valence electrons. The highest BCUT2D eigenvalue weighted by atomic mass is 127. The predicted octanol–water partition coefficient (Wildman–Crippen LogP) is 3.90. The van der Waals surface area contributed by atoms with E-state index >= 15 is 0 Å². The summed E-state index contributed by atoms with van der Waals surface area (Å²) >= 11 is 2.47. The maximum Gasteiger partial charge on any atom is 0.00670 e. The molecule has 1 N–H and O–H groups in total. The van der Waals surface area contributed by atoms with E-state index in [2.05, 4.69) is 27.9 Å². The van der Waals surface area contributed by atoms with Crippen molar-refractivity contribution < 1.29 is 0 Å². The van der Waals surface area contributed by atoms with E-state index in [1.165, 1.54) is 68.8 Å². The maximum absolute atomic E-state index is 3.70. The van der Waals surface area contributed by atoms with Gasteiger partial charge in [0.2, 0.25) is 0 Å². The number of hydrogen-bond acceptors (Lipinski definition) is 1. The molecule has 1 nitrogen and oxygen atoms in total. The SMILES string of the molecule is ICCCCCCNC1CCCCC1. The van der Waals surface area contributed by atoms with Gasteiger partial charge in [0.25, 0.3) is 0 Å². The summed E-state index contributed by atoms with van der Waals surface area (Å²) in [5.74, 6) is 0. The molecule has 14 heavy (non-hydrogen) atoms. The average molecular weight is 309 g/mol. The summed E-state index contributed by atoms with van der Waals surface area (Å²) in [6.07, 6.45) is 12.9. The highest BCUT2D eigenvalue weighted by Gasteiger charge is 2.11. The van der Waals surface area contributed by atoms with Crippen LogP contribution in [0.5, 0.6) is 0 Å². The summed E-state index contributed by atoms with van der Waals surface area (Å²) in [6.45, 7) is 1.26. The first-order valence-electron chi connectivity index (χ1n) is 6.23. The highest BCUT2D eigenvalue weighted by Crippen LogP contribution is 2.17. The Morgan fingerprint density at radius 1 is 0.929 bits per heavy atom. The van der Waals surface area contributed by atoms with Crippen molar-refractivity contribution in [1.29, 1.82) is 0 Å². The van der Waals surface area contributed by atoms with Crippen molar-refractivity contribution in [2.45, 2.75) is 63.8 Å². The molecule has 0 aromatic heterocycles. The topological polar surface area (TPSA) is 12.0 Å². The van der Waals surface area contributed by atoms with Crippen LogP contribution < -0.4 is 5.32 Å². The molecule has 0 heterocycles. The zero-order valence-electron chi connectivity index (χ0n) is 9.23. The van der Waals surface area contributed by atoms with Crippen LogP contribution in [0.2, 0.25) is 0 Å². The summed E-state index contributed by atoms with van der Waals surface area (Å²) in [5, 5.41) is 3.70. The standard InChI is InChI=1S/C12H24IN/c13-10-6-1-2-7-11-14-12-8-4-3-5-9-12/h12,14H,1-11H2. The van der Waals surface area contributed by atoms with Gasteiger partial charge in [0.05, 0.1) is 0 Å². The van der Waals surface area contributed by atoms with Crippen LogP contribution in [0.25, 0.3) is 0 Å². The Kier molecular flexibility index (Phi) is 8.16. The fourth-order valence-electron chi connectivity index (χ4n) is 2.19. The van der Waals surface area contributed by atoms with E-state index in [0.717, 1.165) is 6.04 Å². The second-order valence-corrected chi connectivity index (χ2v) is 5.47. The van der Waals surface area contributed by atoms with E-state index in [1.54, 1.807) is 0 Å². The second-order valence-electron chi connectivity index (χ2n) is 4.39. The van der Waals surface area contributed by atoms with Crippen LogP contribution in [0.15, 0.2) is 0 Å². The van der Waals surface area contributed by atoms with Crippen LogP contribution in [0.4, 0.5) is 0 Å². The van der Waals surface area contributed by atoms with Gasteiger partial charge in [-0.05, 0) is 36.7 Å². The van der Waals surface area contributed by atoms with Crippen LogP contribution in [0.1, 0.15) is 57.8 Å². The number of nitrogens with one attached hydrogen (secondary N) is 1. The van der Waals surface area contributed by atoms with Gasteiger partial charge in [-0.25, -0.2) is 0 Å². The molecule has 0 unspecified atom stereocenters. The van der Waals surface area contributed by atoms with E-state index in [1.807, 2.05) is 0 Å². The summed E-state index contributed by atoms with van der Waals surface area (Å²) in [6, 6.07) is 0.855. The molecule has 0 spiro atoms. The lowest BCUT2D eigenvalue weighted by molar-refractivity contribution is 0.370. The maximum atomic E-state index is 3.70. The van der Waals surface area contributed by atoms with Gasteiger partial charge < -0.3 is 5.32 Å². The van der Waals surface area contributed by atoms with Crippen molar-refractivity contribution >= 4 is 22.6 Å². The Hall–Kier alpha value is 0.690. The van der Waals surface area contributed by atoms with Gasteiger partial charge in [0, 0.05) is 6.04 Å². The second kappa shape index (κ2) is 8.96. The van der Waals surface area contributed by atoms with E-state index in [-0.39, 0.29) is 0 Å². The normalized spacial score (nSPS) is 18.6. The van der Waals surface area contributed by atoms with Gasteiger partial charge in [0.1, 0.15) is 0 Å². The number of alkyl halides is 1. The van der Waals surface area contributed by atoms with Crippen LogP contribution in [-0.2, 0) is 0 Å². The lowest BCUT2D eigenvalue weighted by atomic mass is 9.95. The minimum atomic E-state index is 0.855. The first kappa shape index (κ1) is 12.8. The van der Waals surface area contributed by atoms with Gasteiger partial charge in [-0.1, -0.05) is 54.7 Å². The van der Waals surface area contributed by atoms with Crippen molar-refractivity contribution in [3.8, 4) is 0 Å². The van der Waals surface area contributed by atoms with Gasteiger partial charge in [0.15, 0.2) is 0 Å². The Balaban J connectivity index is 1.82. The summed E-state index contributed by atoms with van der Waals surface area (Å²) < 4.78 is 1.33. The molecular formula is C12H24IN. The van der Waals surface area contributed by atoms with Crippen molar-refractivity contribution in [3.05, 3.63) is 0 Å². The average Bonchev–Trinajstić information content (AvgIpc) is 2.25. The minimum Gasteiger partial charge on any atom is -0.314 e. The molecule has 0 aromatic rings. The van der Waals surface area contributed by atoms with Crippen molar-refractivity contribution in [1.82, 2.24) is 5.32 Å². The zero-order valence-corrected chi connectivity index (χ0v) is 11.4. The van der Waals surface area contributed by atoms with Gasteiger partial charge in [-0.15, -0.1) is 0 Å². The first-order chi connectivity index (χ1) is 6.93. The van der Waals surface area contributed by atoms with Gasteiger partial charge in [-0.3, -0.25) is 0 Å². The Morgan fingerprint density at radius 2 is 1.64 bits per heavy atom. The van der Waals surface area contributed by atoms with E-state index in [9.17, 15) is 0 Å². The third-order valence-electron chi connectivity index (χ3n) is 3.10. The molecular weight excluding hydrogens is 285 g/mol. The Labute approximate surface area is 103 Å². The fraction of sp³-hybridized carbons (Fsp3) is 1.00. The first-order valence-corrected chi connectivity index (χ1v) is 7.75. The number of unbranched alkanes of at least 4 members (excludes halogenated alkanes) is 3. The van der Waals surface area contributed by atoms with E-state index in [4.69, 9.17) is 0 Å². The van der Waals surface area contributed by atoms with Crippen molar-refractivity contribution in [3.63, 3.8) is 0 Å². The van der Waals surface area contributed by atoms with Gasteiger partial charge in [-0.2, -0.15) is 0 Å². The largest absolute Gasteiger partial charge is 0.314 e. The van der Waals surface area contributed by atoms with E-state index < -0.39 is 0 Å².